The van der Waals surface area contributed by atoms with Gasteiger partial charge in [-0.05, 0) is 30.3 Å². The van der Waals surface area contributed by atoms with Gasteiger partial charge in [0.25, 0.3) is 5.89 Å². The summed E-state index contributed by atoms with van der Waals surface area (Å²) in [5, 5.41) is 4.12. The molecule has 2 N–H and O–H groups in total. The van der Waals surface area contributed by atoms with Crippen LogP contribution >= 0.6 is 11.6 Å². The lowest BCUT2D eigenvalue weighted by Crippen LogP contribution is -1.87. The second kappa shape index (κ2) is 5.14. The third-order valence-corrected chi connectivity index (χ3v) is 2.93. The predicted octanol–water partition coefficient (Wildman–Crippen LogP) is 3.92. The zero-order chi connectivity index (χ0) is 15.0. The molecule has 0 saturated carbocycles. The van der Waals surface area contributed by atoms with Crippen LogP contribution in [-0.2, 0) is 0 Å². The molecular weight excluding hydrogens is 300 g/mol. The Morgan fingerprint density at radius 1 is 0.952 bits per heavy atom. The Morgan fingerprint density at radius 3 is 2.33 bits per heavy atom. The molecule has 106 valence electrons. The van der Waals surface area contributed by atoms with Crippen molar-refractivity contribution in [2.24, 2.45) is 0 Å². The molecule has 0 saturated heterocycles. The van der Waals surface area contributed by atoms with Crippen LogP contribution in [0, 0.1) is 11.6 Å². The van der Waals surface area contributed by atoms with E-state index in [4.69, 9.17) is 21.9 Å². The van der Waals surface area contributed by atoms with E-state index in [0.29, 0.717) is 16.3 Å². The molecule has 0 radical (unpaired) electrons. The van der Waals surface area contributed by atoms with Crippen LogP contribution in [0.5, 0.6) is 0 Å². The van der Waals surface area contributed by atoms with Crippen molar-refractivity contribution in [3.8, 4) is 22.8 Å². The second-order valence-electron chi connectivity index (χ2n) is 4.35. The SMILES string of the molecule is Nc1cc(Cl)cc(-c2nc(-c3cc(F)cc(F)c3)no2)c1. The molecule has 0 amide bonds. The summed E-state index contributed by atoms with van der Waals surface area (Å²) in [4.78, 5) is 4.09. The lowest BCUT2D eigenvalue weighted by molar-refractivity contribution is 0.432. The number of nitrogens with zero attached hydrogens (tertiary/aromatic N) is 2. The normalized spacial score (nSPS) is 10.8. The highest BCUT2D eigenvalue weighted by Crippen LogP contribution is 2.27. The molecule has 0 aliphatic carbocycles. The zero-order valence-corrected chi connectivity index (χ0v) is 11.2. The highest BCUT2D eigenvalue weighted by Gasteiger charge is 2.13. The van der Waals surface area contributed by atoms with Gasteiger partial charge in [0.2, 0.25) is 5.82 Å². The van der Waals surface area contributed by atoms with E-state index in [2.05, 4.69) is 10.1 Å². The molecule has 0 atom stereocenters. The molecule has 21 heavy (non-hydrogen) atoms. The Balaban J connectivity index is 2.03. The van der Waals surface area contributed by atoms with Gasteiger partial charge in [0.05, 0.1) is 0 Å². The van der Waals surface area contributed by atoms with Gasteiger partial charge in [-0.2, -0.15) is 4.98 Å². The summed E-state index contributed by atoms with van der Waals surface area (Å²) < 4.78 is 31.5. The number of rotatable bonds is 2. The molecular formula is C14H8ClF2N3O. The zero-order valence-electron chi connectivity index (χ0n) is 10.5. The fourth-order valence-electron chi connectivity index (χ4n) is 1.88. The minimum atomic E-state index is -0.719. The van der Waals surface area contributed by atoms with Gasteiger partial charge in [-0.15, -0.1) is 0 Å². The van der Waals surface area contributed by atoms with E-state index in [1.54, 1.807) is 18.2 Å². The monoisotopic (exact) mass is 307 g/mol. The van der Waals surface area contributed by atoms with Gasteiger partial charge in [0.1, 0.15) is 11.6 Å². The van der Waals surface area contributed by atoms with Crippen molar-refractivity contribution in [1.82, 2.24) is 10.1 Å². The highest BCUT2D eigenvalue weighted by molar-refractivity contribution is 6.31. The predicted molar refractivity (Wildman–Crippen MR) is 74.5 cm³/mol. The Labute approximate surface area is 123 Å². The summed E-state index contributed by atoms with van der Waals surface area (Å²) in [6.07, 6.45) is 0. The summed E-state index contributed by atoms with van der Waals surface area (Å²) in [5.74, 6) is -1.21. The average Bonchev–Trinajstić information content (AvgIpc) is 2.85. The van der Waals surface area contributed by atoms with E-state index in [-0.39, 0.29) is 17.3 Å². The minimum absolute atomic E-state index is 0.0712. The summed E-state index contributed by atoms with van der Waals surface area (Å²) >= 11 is 5.90. The molecule has 0 aliphatic heterocycles. The van der Waals surface area contributed by atoms with Gasteiger partial charge in [-0.3, -0.25) is 0 Å². The third-order valence-electron chi connectivity index (χ3n) is 2.71. The van der Waals surface area contributed by atoms with Crippen LogP contribution in [0.4, 0.5) is 14.5 Å². The van der Waals surface area contributed by atoms with Gasteiger partial charge in [-0.25, -0.2) is 8.78 Å². The molecule has 0 bridgehead atoms. The molecule has 3 aromatic rings. The topological polar surface area (TPSA) is 64.9 Å². The molecule has 0 unspecified atom stereocenters. The van der Waals surface area contributed by atoms with Crippen molar-refractivity contribution in [1.29, 1.82) is 0 Å². The molecule has 0 fully saturated rings. The van der Waals surface area contributed by atoms with Crippen molar-refractivity contribution in [2.75, 3.05) is 5.73 Å². The van der Waals surface area contributed by atoms with Crippen molar-refractivity contribution in [3.05, 3.63) is 53.1 Å². The number of halogens is 3. The quantitative estimate of drug-likeness (QED) is 0.729. The first-order valence-corrected chi connectivity index (χ1v) is 6.26. The Hall–Kier alpha value is -2.47. The van der Waals surface area contributed by atoms with E-state index in [9.17, 15) is 8.78 Å². The van der Waals surface area contributed by atoms with E-state index >= 15 is 0 Å². The Bertz CT molecular complexity index is 713. The number of nitrogen functional groups attached to an aromatic ring is 1. The van der Waals surface area contributed by atoms with Crippen LogP contribution in [0.1, 0.15) is 0 Å². The maximum Gasteiger partial charge on any atom is 0.258 e. The van der Waals surface area contributed by atoms with Crippen molar-refractivity contribution >= 4 is 17.3 Å². The number of hydrogen-bond donors (Lipinski definition) is 1. The van der Waals surface area contributed by atoms with Crippen LogP contribution in [0.3, 0.4) is 0 Å². The maximum absolute atomic E-state index is 13.2. The Morgan fingerprint density at radius 2 is 1.67 bits per heavy atom. The highest BCUT2D eigenvalue weighted by atomic mass is 35.5. The number of anilines is 1. The average molecular weight is 308 g/mol. The van der Waals surface area contributed by atoms with Crippen LogP contribution in [-0.4, -0.2) is 10.1 Å². The summed E-state index contributed by atoms with van der Waals surface area (Å²) in [7, 11) is 0. The second-order valence-corrected chi connectivity index (χ2v) is 4.79. The van der Waals surface area contributed by atoms with E-state index in [1.165, 1.54) is 0 Å². The largest absolute Gasteiger partial charge is 0.399 e. The standard InChI is InChI=1S/C14H8ClF2N3O/c15-9-1-8(4-12(18)5-9)14-19-13(20-21-14)7-2-10(16)6-11(17)3-7/h1-6H,18H2. The van der Waals surface area contributed by atoms with Gasteiger partial charge in [0.15, 0.2) is 0 Å². The minimum Gasteiger partial charge on any atom is -0.399 e. The summed E-state index contributed by atoms with van der Waals surface area (Å²) in [6.45, 7) is 0. The molecule has 0 spiro atoms. The van der Waals surface area contributed by atoms with Gasteiger partial charge in [-0.1, -0.05) is 16.8 Å². The maximum atomic E-state index is 13.2. The third kappa shape index (κ3) is 2.85. The first-order chi connectivity index (χ1) is 10.0. The van der Waals surface area contributed by atoms with Crippen LogP contribution in [0.15, 0.2) is 40.9 Å². The van der Waals surface area contributed by atoms with E-state index in [1.807, 2.05) is 0 Å². The van der Waals surface area contributed by atoms with Crippen molar-refractivity contribution < 1.29 is 13.3 Å². The van der Waals surface area contributed by atoms with Gasteiger partial charge < -0.3 is 10.3 Å². The Kier molecular flexibility index (Phi) is 3.31. The van der Waals surface area contributed by atoms with E-state index < -0.39 is 11.6 Å². The molecule has 7 heteroatoms. The van der Waals surface area contributed by atoms with Crippen molar-refractivity contribution in [3.63, 3.8) is 0 Å². The first kappa shape index (κ1) is 13.5. The van der Waals surface area contributed by atoms with Crippen LogP contribution in [0.25, 0.3) is 22.8 Å². The fourth-order valence-corrected chi connectivity index (χ4v) is 2.12. The molecule has 4 nitrogen and oxygen atoms in total. The number of benzene rings is 2. The number of aromatic nitrogens is 2. The van der Waals surface area contributed by atoms with Gasteiger partial charge >= 0.3 is 0 Å². The lowest BCUT2D eigenvalue weighted by atomic mass is 10.2. The first-order valence-electron chi connectivity index (χ1n) is 5.88. The van der Waals surface area contributed by atoms with Crippen LogP contribution in [0.2, 0.25) is 5.02 Å². The molecule has 0 aliphatic rings. The lowest BCUT2D eigenvalue weighted by Gasteiger charge is -1.98. The molecule has 3 rings (SSSR count). The summed E-state index contributed by atoms with van der Waals surface area (Å²) in [5.41, 5.74) is 6.82. The van der Waals surface area contributed by atoms with E-state index in [0.717, 1.165) is 18.2 Å². The van der Waals surface area contributed by atoms with Crippen LogP contribution < -0.4 is 5.73 Å². The molecule has 1 aromatic heterocycles. The fraction of sp³-hybridized carbons (Fsp3) is 0. The van der Waals surface area contributed by atoms with Crippen molar-refractivity contribution in [2.45, 2.75) is 0 Å². The number of nitrogens with two attached hydrogens (primary N) is 1. The smallest absolute Gasteiger partial charge is 0.258 e. The molecule has 2 aromatic carbocycles. The number of hydrogen-bond acceptors (Lipinski definition) is 4. The van der Waals surface area contributed by atoms with Gasteiger partial charge in [0, 0.05) is 27.9 Å². The molecule has 1 heterocycles. The summed E-state index contributed by atoms with van der Waals surface area (Å²) in [6, 6.07) is 7.78.